The first kappa shape index (κ1) is 15.6. The fourth-order valence-electron chi connectivity index (χ4n) is 1.76. The number of amides is 1. The summed E-state index contributed by atoms with van der Waals surface area (Å²) in [6.07, 6.45) is 4.22. The summed E-state index contributed by atoms with van der Waals surface area (Å²) in [6, 6.07) is 9.76. The number of carbonyl (C=O) groups is 1. The lowest BCUT2D eigenvalue weighted by Crippen LogP contribution is -2.09. The van der Waals surface area contributed by atoms with E-state index in [0.717, 1.165) is 5.56 Å². The normalized spacial score (nSPS) is 10.9. The van der Waals surface area contributed by atoms with Gasteiger partial charge < -0.3 is 10.1 Å². The Hall–Kier alpha value is -2.76. The Kier molecular flexibility index (Phi) is 5.19. The number of para-hydroxylation sites is 1. The molecule has 22 heavy (non-hydrogen) atoms. The standard InChI is InChI=1S/C16H14F2N2O2/c1-11-8-9-19-14(10-11)20-15(21)7-6-12-4-2-3-5-13(12)22-16(17)18/h2-10,16H,1H3,(H,19,20,21)/b7-6+. The highest BCUT2D eigenvalue weighted by Crippen LogP contribution is 2.21. The van der Waals surface area contributed by atoms with Crippen molar-refractivity contribution in [3.63, 3.8) is 0 Å². The molecule has 1 aromatic carbocycles. The summed E-state index contributed by atoms with van der Waals surface area (Å²) >= 11 is 0. The third kappa shape index (κ3) is 4.66. The minimum absolute atomic E-state index is 0.00947. The molecule has 1 aromatic heterocycles. The van der Waals surface area contributed by atoms with Crippen LogP contribution >= 0.6 is 0 Å². The first-order valence-electron chi connectivity index (χ1n) is 6.50. The molecule has 0 spiro atoms. The van der Waals surface area contributed by atoms with Gasteiger partial charge in [0, 0.05) is 17.8 Å². The van der Waals surface area contributed by atoms with E-state index in [1.807, 2.05) is 13.0 Å². The summed E-state index contributed by atoms with van der Waals surface area (Å²) in [6.45, 7) is -1.04. The zero-order valence-electron chi connectivity index (χ0n) is 11.8. The number of alkyl halides is 2. The van der Waals surface area contributed by atoms with Gasteiger partial charge in [0.25, 0.3) is 0 Å². The number of hydrogen-bond acceptors (Lipinski definition) is 3. The van der Waals surface area contributed by atoms with Crippen molar-refractivity contribution < 1.29 is 18.3 Å². The highest BCUT2D eigenvalue weighted by molar-refractivity contribution is 6.01. The van der Waals surface area contributed by atoms with E-state index >= 15 is 0 Å². The minimum Gasteiger partial charge on any atom is -0.434 e. The number of nitrogens with one attached hydrogen (secondary N) is 1. The van der Waals surface area contributed by atoms with E-state index in [2.05, 4.69) is 15.0 Å². The molecule has 1 amide bonds. The van der Waals surface area contributed by atoms with Crippen molar-refractivity contribution in [2.45, 2.75) is 13.5 Å². The average molecular weight is 304 g/mol. The van der Waals surface area contributed by atoms with Gasteiger partial charge in [-0.3, -0.25) is 4.79 Å². The second-order valence-corrected chi connectivity index (χ2v) is 4.46. The van der Waals surface area contributed by atoms with Crippen molar-refractivity contribution in [2.75, 3.05) is 5.32 Å². The molecule has 2 aromatic rings. The predicted molar refractivity (Wildman–Crippen MR) is 79.7 cm³/mol. The Balaban J connectivity index is 2.07. The van der Waals surface area contributed by atoms with Crippen LogP contribution in [0.2, 0.25) is 0 Å². The zero-order valence-corrected chi connectivity index (χ0v) is 11.8. The lowest BCUT2D eigenvalue weighted by molar-refractivity contribution is -0.111. The maximum atomic E-state index is 12.3. The van der Waals surface area contributed by atoms with Gasteiger partial charge in [0.15, 0.2) is 0 Å². The highest BCUT2D eigenvalue weighted by Gasteiger charge is 2.07. The molecule has 0 aliphatic heterocycles. The summed E-state index contributed by atoms with van der Waals surface area (Å²) in [5.41, 5.74) is 1.35. The molecule has 0 aliphatic rings. The molecular formula is C16H14F2N2O2. The van der Waals surface area contributed by atoms with E-state index in [-0.39, 0.29) is 5.75 Å². The smallest absolute Gasteiger partial charge is 0.387 e. The molecule has 0 atom stereocenters. The lowest BCUT2D eigenvalue weighted by Gasteiger charge is -2.07. The third-order valence-electron chi connectivity index (χ3n) is 2.72. The summed E-state index contributed by atoms with van der Waals surface area (Å²) in [5.74, 6) is 0.0203. The number of carbonyl (C=O) groups excluding carboxylic acids is 1. The molecule has 1 N–H and O–H groups in total. The van der Waals surface area contributed by atoms with Crippen molar-refractivity contribution in [1.82, 2.24) is 4.98 Å². The van der Waals surface area contributed by atoms with Crippen molar-refractivity contribution >= 4 is 17.8 Å². The van der Waals surface area contributed by atoms with E-state index < -0.39 is 12.5 Å². The summed E-state index contributed by atoms with van der Waals surface area (Å²) < 4.78 is 29.0. The second-order valence-electron chi connectivity index (χ2n) is 4.46. The molecule has 0 saturated carbocycles. The van der Waals surface area contributed by atoms with Crippen LogP contribution in [0.1, 0.15) is 11.1 Å². The third-order valence-corrected chi connectivity index (χ3v) is 2.72. The number of ether oxygens (including phenoxy) is 1. The van der Waals surface area contributed by atoms with Gasteiger partial charge in [-0.15, -0.1) is 0 Å². The molecule has 0 radical (unpaired) electrons. The van der Waals surface area contributed by atoms with E-state index in [9.17, 15) is 13.6 Å². The van der Waals surface area contributed by atoms with Gasteiger partial charge in [-0.1, -0.05) is 18.2 Å². The molecule has 0 unspecified atom stereocenters. The Labute approximate surface area is 126 Å². The number of anilines is 1. The fourth-order valence-corrected chi connectivity index (χ4v) is 1.76. The summed E-state index contributed by atoms with van der Waals surface area (Å²) in [5, 5.41) is 2.59. The van der Waals surface area contributed by atoms with Crippen LogP contribution in [0.3, 0.4) is 0 Å². The number of pyridine rings is 1. The molecule has 6 heteroatoms. The molecule has 0 aliphatic carbocycles. The van der Waals surface area contributed by atoms with Gasteiger partial charge in [0.05, 0.1) is 0 Å². The van der Waals surface area contributed by atoms with Crippen LogP contribution in [0.4, 0.5) is 14.6 Å². The van der Waals surface area contributed by atoms with Gasteiger partial charge in [-0.25, -0.2) is 4.98 Å². The number of halogens is 2. The van der Waals surface area contributed by atoms with Crippen LogP contribution in [-0.4, -0.2) is 17.5 Å². The number of aryl methyl sites for hydroxylation is 1. The molecule has 2 rings (SSSR count). The van der Waals surface area contributed by atoms with Crippen molar-refractivity contribution in [3.05, 3.63) is 59.8 Å². The maximum Gasteiger partial charge on any atom is 0.387 e. The summed E-state index contributed by atoms with van der Waals surface area (Å²) in [4.78, 5) is 15.8. The first-order chi connectivity index (χ1) is 10.5. The van der Waals surface area contributed by atoms with E-state index in [0.29, 0.717) is 11.4 Å². The molecular weight excluding hydrogens is 290 g/mol. The molecule has 4 nitrogen and oxygen atoms in total. The quantitative estimate of drug-likeness (QED) is 0.858. The van der Waals surface area contributed by atoms with Crippen LogP contribution < -0.4 is 10.1 Å². The van der Waals surface area contributed by atoms with Crippen LogP contribution in [-0.2, 0) is 4.79 Å². The van der Waals surface area contributed by atoms with Crippen LogP contribution in [0.15, 0.2) is 48.7 Å². The molecule has 1 heterocycles. The van der Waals surface area contributed by atoms with Gasteiger partial charge in [0.1, 0.15) is 11.6 Å². The predicted octanol–water partition coefficient (Wildman–Crippen LogP) is 3.64. The minimum atomic E-state index is -2.92. The monoisotopic (exact) mass is 304 g/mol. The molecule has 114 valence electrons. The fraction of sp³-hybridized carbons (Fsp3) is 0.125. The largest absolute Gasteiger partial charge is 0.434 e. The average Bonchev–Trinajstić information content (AvgIpc) is 2.46. The van der Waals surface area contributed by atoms with Gasteiger partial charge in [-0.05, 0) is 36.8 Å². The lowest BCUT2D eigenvalue weighted by atomic mass is 10.2. The van der Waals surface area contributed by atoms with Crippen LogP contribution in [0.5, 0.6) is 5.75 Å². The van der Waals surface area contributed by atoms with Crippen molar-refractivity contribution in [2.24, 2.45) is 0 Å². The first-order valence-corrected chi connectivity index (χ1v) is 6.50. The molecule has 0 saturated heterocycles. The van der Waals surface area contributed by atoms with Crippen LogP contribution in [0, 0.1) is 6.92 Å². The van der Waals surface area contributed by atoms with Gasteiger partial charge in [0.2, 0.25) is 5.91 Å². The Morgan fingerprint density at radius 1 is 1.32 bits per heavy atom. The topological polar surface area (TPSA) is 51.2 Å². The van der Waals surface area contributed by atoms with Crippen molar-refractivity contribution in [1.29, 1.82) is 0 Å². The number of rotatable bonds is 5. The number of benzene rings is 1. The molecule has 0 bridgehead atoms. The van der Waals surface area contributed by atoms with Crippen molar-refractivity contribution in [3.8, 4) is 5.75 Å². The SMILES string of the molecule is Cc1ccnc(NC(=O)/C=C/c2ccccc2OC(F)F)c1. The maximum absolute atomic E-state index is 12.3. The highest BCUT2D eigenvalue weighted by atomic mass is 19.3. The molecule has 0 fully saturated rings. The van der Waals surface area contributed by atoms with Gasteiger partial charge in [-0.2, -0.15) is 8.78 Å². The zero-order chi connectivity index (χ0) is 15.9. The summed E-state index contributed by atoms with van der Waals surface area (Å²) in [7, 11) is 0. The Morgan fingerprint density at radius 2 is 2.09 bits per heavy atom. The van der Waals surface area contributed by atoms with E-state index in [4.69, 9.17) is 0 Å². The van der Waals surface area contributed by atoms with Crippen LogP contribution in [0.25, 0.3) is 6.08 Å². The number of hydrogen-bond donors (Lipinski definition) is 1. The second kappa shape index (κ2) is 7.31. The van der Waals surface area contributed by atoms with E-state index in [1.54, 1.807) is 30.5 Å². The Bertz CT molecular complexity index is 687. The number of nitrogens with zero attached hydrogens (tertiary/aromatic N) is 1. The number of aromatic nitrogens is 1. The van der Waals surface area contributed by atoms with Gasteiger partial charge >= 0.3 is 6.61 Å². The van der Waals surface area contributed by atoms with E-state index in [1.165, 1.54) is 18.2 Å². The Morgan fingerprint density at radius 3 is 2.82 bits per heavy atom.